The molecule has 0 heterocycles. The highest BCUT2D eigenvalue weighted by Gasteiger charge is 2.20. The number of amides is 1. The number of hydrogen-bond acceptors (Lipinski definition) is 3. The molecule has 6 nitrogen and oxygen atoms in total. The van der Waals surface area contributed by atoms with E-state index in [9.17, 15) is 4.79 Å². The van der Waals surface area contributed by atoms with Crippen LogP contribution in [0.1, 0.15) is 29.8 Å². The van der Waals surface area contributed by atoms with Gasteiger partial charge in [0.25, 0.3) is 5.91 Å². The van der Waals surface area contributed by atoms with E-state index in [1.54, 1.807) is 14.1 Å². The van der Waals surface area contributed by atoms with Gasteiger partial charge >= 0.3 is 0 Å². The van der Waals surface area contributed by atoms with E-state index in [1.807, 2.05) is 36.4 Å². The predicted molar refractivity (Wildman–Crippen MR) is 123 cm³/mol. The molecule has 1 aromatic rings. The molecule has 1 amide bonds. The zero-order valence-corrected chi connectivity index (χ0v) is 18.4. The van der Waals surface area contributed by atoms with Gasteiger partial charge in [-0.1, -0.05) is 38.1 Å². The van der Waals surface area contributed by atoms with Crippen LogP contribution in [0.15, 0.2) is 54.6 Å². The average molecular weight is 400 g/mol. The SMILES string of the molecule is C=CCN(CC=C)C(CNC(=NC)NCCc1cccc(C(=O)NC)c1)C(C)C. The molecule has 1 rings (SSSR count). The number of guanidine groups is 1. The normalized spacial score (nSPS) is 12.6. The lowest BCUT2D eigenvalue weighted by Gasteiger charge is -2.33. The molecule has 0 bridgehead atoms. The van der Waals surface area contributed by atoms with E-state index >= 15 is 0 Å². The highest BCUT2D eigenvalue weighted by atomic mass is 16.1. The predicted octanol–water partition coefficient (Wildman–Crippen LogP) is 2.45. The fraction of sp³-hybridized carbons (Fsp3) is 0.478. The summed E-state index contributed by atoms with van der Waals surface area (Å²) >= 11 is 0. The fourth-order valence-electron chi connectivity index (χ4n) is 3.22. The number of aliphatic imine (C=N–C) groups is 1. The highest BCUT2D eigenvalue weighted by molar-refractivity contribution is 5.94. The average Bonchev–Trinajstić information content (AvgIpc) is 2.72. The summed E-state index contributed by atoms with van der Waals surface area (Å²) in [7, 11) is 3.42. The lowest BCUT2D eigenvalue weighted by Crippen LogP contribution is -2.49. The summed E-state index contributed by atoms with van der Waals surface area (Å²) in [5.41, 5.74) is 1.79. The summed E-state index contributed by atoms with van der Waals surface area (Å²) in [4.78, 5) is 18.5. The maximum absolute atomic E-state index is 11.8. The Morgan fingerprint density at radius 1 is 1.21 bits per heavy atom. The van der Waals surface area contributed by atoms with Crippen molar-refractivity contribution in [2.45, 2.75) is 26.3 Å². The van der Waals surface area contributed by atoms with Gasteiger partial charge in [0.1, 0.15) is 0 Å². The summed E-state index contributed by atoms with van der Waals surface area (Å²) in [5, 5.41) is 9.45. The second-order valence-electron chi connectivity index (χ2n) is 7.25. The molecule has 0 aliphatic heterocycles. The molecule has 1 unspecified atom stereocenters. The third kappa shape index (κ3) is 8.52. The smallest absolute Gasteiger partial charge is 0.251 e. The van der Waals surface area contributed by atoms with Gasteiger partial charge < -0.3 is 16.0 Å². The maximum Gasteiger partial charge on any atom is 0.251 e. The Kier molecular flexibility index (Phi) is 11.4. The summed E-state index contributed by atoms with van der Waals surface area (Å²) in [5.74, 6) is 1.18. The van der Waals surface area contributed by atoms with Crippen molar-refractivity contribution in [3.05, 3.63) is 60.7 Å². The van der Waals surface area contributed by atoms with Gasteiger partial charge in [-0.25, -0.2) is 0 Å². The summed E-state index contributed by atoms with van der Waals surface area (Å²) in [6, 6.07) is 8.03. The van der Waals surface area contributed by atoms with Gasteiger partial charge in [0.05, 0.1) is 0 Å². The molecular weight excluding hydrogens is 362 g/mol. The van der Waals surface area contributed by atoms with Crippen LogP contribution in [0.3, 0.4) is 0 Å². The minimum atomic E-state index is -0.0689. The summed E-state index contributed by atoms with van der Waals surface area (Å²) in [6.45, 7) is 15.3. The first-order valence-corrected chi connectivity index (χ1v) is 10.2. The van der Waals surface area contributed by atoms with Gasteiger partial charge in [0, 0.05) is 51.9 Å². The molecule has 3 N–H and O–H groups in total. The number of carbonyl (C=O) groups is 1. The van der Waals surface area contributed by atoms with Crippen molar-refractivity contribution in [3.8, 4) is 0 Å². The molecule has 0 saturated heterocycles. The Bertz CT molecular complexity index is 674. The van der Waals surface area contributed by atoms with Crippen molar-refractivity contribution in [2.24, 2.45) is 10.9 Å². The van der Waals surface area contributed by atoms with Gasteiger partial charge in [-0.2, -0.15) is 0 Å². The first kappa shape index (κ1) is 24.4. The summed E-state index contributed by atoms with van der Waals surface area (Å²) in [6.07, 6.45) is 4.66. The first-order valence-electron chi connectivity index (χ1n) is 10.2. The van der Waals surface area contributed by atoms with E-state index in [0.29, 0.717) is 17.5 Å². The molecule has 1 aromatic carbocycles. The molecule has 0 radical (unpaired) electrons. The topological polar surface area (TPSA) is 68.8 Å². The third-order valence-corrected chi connectivity index (χ3v) is 4.79. The first-order chi connectivity index (χ1) is 14.0. The number of rotatable bonds is 12. The molecule has 0 fully saturated rings. The number of hydrogen-bond donors (Lipinski definition) is 3. The Hall–Kier alpha value is -2.60. The van der Waals surface area contributed by atoms with E-state index in [1.165, 1.54) is 0 Å². The number of nitrogens with zero attached hydrogens (tertiary/aromatic N) is 2. The van der Waals surface area contributed by atoms with Crippen molar-refractivity contribution in [3.63, 3.8) is 0 Å². The van der Waals surface area contributed by atoms with Gasteiger partial charge in [-0.3, -0.25) is 14.7 Å². The highest BCUT2D eigenvalue weighted by Crippen LogP contribution is 2.10. The molecular formula is C23H37N5O. The van der Waals surface area contributed by atoms with Crippen LogP contribution >= 0.6 is 0 Å². The van der Waals surface area contributed by atoms with Crippen LogP contribution in [0.5, 0.6) is 0 Å². The Balaban J connectivity index is 2.60. The third-order valence-electron chi connectivity index (χ3n) is 4.79. The molecule has 0 spiro atoms. The Morgan fingerprint density at radius 3 is 2.45 bits per heavy atom. The number of carbonyl (C=O) groups excluding carboxylic acids is 1. The molecule has 0 saturated carbocycles. The van der Waals surface area contributed by atoms with Gasteiger partial charge in [0.15, 0.2) is 5.96 Å². The number of nitrogens with one attached hydrogen (secondary N) is 3. The number of benzene rings is 1. The maximum atomic E-state index is 11.8. The molecule has 0 aliphatic carbocycles. The van der Waals surface area contributed by atoms with Crippen molar-refractivity contribution < 1.29 is 4.79 Å². The summed E-state index contributed by atoms with van der Waals surface area (Å²) < 4.78 is 0. The minimum absolute atomic E-state index is 0.0689. The van der Waals surface area contributed by atoms with Crippen molar-refractivity contribution in [1.82, 2.24) is 20.9 Å². The van der Waals surface area contributed by atoms with Crippen LogP contribution in [-0.4, -0.2) is 63.1 Å². The quantitative estimate of drug-likeness (QED) is 0.287. The lowest BCUT2D eigenvalue weighted by molar-refractivity contribution is 0.0963. The Morgan fingerprint density at radius 2 is 1.90 bits per heavy atom. The molecule has 0 aromatic heterocycles. The van der Waals surface area contributed by atoms with Crippen molar-refractivity contribution in [1.29, 1.82) is 0 Å². The van der Waals surface area contributed by atoms with Gasteiger partial charge in [0.2, 0.25) is 0 Å². The Labute approximate surface area is 176 Å². The van der Waals surface area contributed by atoms with E-state index in [0.717, 1.165) is 44.1 Å². The van der Waals surface area contributed by atoms with E-state index in [-0.39, 0.29) is 5.91 Å². The zero-order valence-electron chi connectivity index (χ0n) is 18.4. The monoisotopic (exact) mass is 399 g/mol. The molecule has 1 atom stereocenters. The zero-order chi connectivity index (χ0) is 21.6. The van der Waals surface area contributed by atoms with Gasteiger partial charge in [-0.05, 0) is 30.0 Å². The largest absolute Gasteiger partial charge is 0.356 e. The molecule has 6 heteroatoms. The minimum Gasteiger partial charge on any atom is -0.356 e. The molecule has 29 heavy (non-hydrogen) atoms. The van der Waals surface area contributed by atoms with E-state index in [4.69, 9.17) is 0 Å². The van der Waals surface area contributed by atoms with Crippen LogP contribution in [-0.2, 0) is 6.42 Å². The van der Waals surface area contributed by atoms with Crippen LogP contribution < -0.4 is 16.0 Å². The van der Waals surface area contributed by atoms with Crippen molar-refractivity contribution in [2.75, 3.05) is 40.3 Å². The van der Waals surface area contributed by atoms with Crippen LogP contribution in [0, 0.1) is 5.92 Å². The second kappa shape index (κ2) is 13.6. The van der Waals surface area contributed by atoms with Crippen LogP contribution in [0.4, 0.5) is 0 Å². The van der Waals surface area contributed by atoms with Crippen molar-refractivity contribution >= 4 is 11.9 Å². The molecule has 0 aliphatic rings. The van der Waals surface area contributed by atoms with E-state index in [2.05, 4.69) is 52.8 Å². The van der Waals surface area contributed by atoms with Gasteiger partial charge in [-0.15, -0.1) is 13.2 Å². The van der Waals surface area contributed by atoms with Crippen LogP contribution in [0.2, 0.25) is 0 Å². The standard InChI is InChI=1S/C23H37N5O/c1-7-14-28(15-8-2)21(18(3)4)17-27-23(25-6)26-13-12-19-10-9-11-20(16-19)22(29)24-5/h7-11,16,18,21H,1-2,12-15,17H2,3-6H3,(H,24,29)(H2,25,26,27). The fourth-order valence-corrected chi connectivity index (χ4v) is 3.22. The van der Waals surface area contributed by atoms with Crippen LogP contribution in [0.25, 0.3) is 0 Å². The second-order valence-corrected chi connectivity index (χ2v) is 7.25. The molecule has 160 valence electrons. The van der Waals surface area contributed by atoms with E-state index < -0.39 is 0 Å². The lowest BCUT2D eigenvalue weighted by atomic mass is 10.0.